The van der Waals surface area contributed by atoms with E-state index >= 15 is 0 Å². The zero-order valence-electron chi connectivity index (χ0n) is 16.0. The van der Waals surface area contributed by atoms with Crippen molar-refractivity contribution >= 4 is 45.2 Å². The molecule has 0 aliphatic carbocycles. The summed E-state index contributed by atoms with van der Waals surface area (Å²) >= 11 is 7.90. The maximum absolute atomic E-state index is 13.0. The van der Waals surface area contributed by atoms with Crippen LogP contribution in [0.2, 0.25) is 5.15 Å². The number of para-hydroxylation sites is 2. The molecule has 0 saturated carbocycles. The molecular weight excluding hydrogens is 406 g/mol. The summed E-state index contributed by atoms with van der Waals surface area (Å²) in [6.07, 6.45) is 0.738. The number of rotatable bonds is 7. The molecule has 0 N–H and O–H groups in total. The predicted molar refractivity (Wildman–Crippen MR) is 119 cm³/mol. The molecule has 0 radical (unpaired) electrons. The average Bonchev–Trinajstić information content (AvgIpc) is 2.74. The summed E-state index contributed by atoms with van der Waals surface area (Å²) in [5.74, 6) is 0.575. The van der Waals surface area contributed by atoms with Gasteiger partial charge in [0, 0.05) is 37.0 Å². The molecule has 2 aromatic heterocycles. The smallest absolute Gasteiger partial charge is 0.262 e. The van der Waals surface area contributed by atoms with Crippen LogP contribution in [0.15, 0.2) is 64.5 Å². The summed E-state index contributed by atoms with van der Waals surface area (Å²) in [4.78, 5) is 22.3. The average molecular weight is 426 g/mol. The molecular formula is C22H20ClN3O2S. The number of aromatic nitrogens is 3. The van der Waals surface area contributed by atoms with Crippen molar-refractivity contribution in [3.8, 4) is 0 Å². The van der Waals surface area contributed by atoms with Crippen LogP contribution in [0.4, 0.5) is 0 Å². The van der Waals surface area contributed by atoms with Crippen molar-refractivity contribution < 1.29 is 4.74 Å². The van der Waals surface area contributed by atoms with Crippen molar-refractivity contribution in [3.05, 3.63) is 75.7 Å². The van der Waals surface area contributed by atoms with Gasteiger partial charge < -0.3 is 4.74 Å². The highest BCUT2D eigenvalue weighted by Crippen LogP contribution is 2.28. The van der Waals surface area contributed by atoms with Gasteiger partial charge in [0.05, 0.1) is 16.4 Å². The van der Waals surface area contributed by atoms with E-state index in [0.29, 0.717) is 40.1 Å². The van der Waals surface area contributed by atoms with Gasteiger partial charge in [0.15, 0.2) is 5.16 Å². The predicted octanol–water partition coefficient (Wildman–Crippen LogP) is 4.93. The number of hydrogen-bond donors (Lipinski definition) is 0. The Morgan fingerprint density at radius 1 is 1.07 bits per heavy atom. The first-order valence-corrected chi connectivity index (χ1v) is 10.7. The Hall–Kier alpha value is -2.41. The molecule has 4 aromatic rings. The van der Waals surface area contributed by atoms with E-state index in [-0.39, 0.29) is 5.56 Å². The van der Waals surface area contributed by atoms with Crippen LogP contribution in [-0.4, -0.2) is 28.3 Å². The molecule has 5 nitrogen and oxygen atoms in total. The van der Waals surface area contributed by atoms with E-state index in [2.05, 4.69) is 4.98 Å². The zero-order chi connectivity index (χ0) is 20.2. The van der Waals surface area contributed by atoms with Crippen molar-refractivity contribution in [1.29, 1.82) is 0 Å². The standard InChI is InChI=1S/C22H20ClN3O2S/c1-28-12-6-11-26-21(27)17-8-3-5-10-19(17)25-22(26)29-14-16-13-15-7-2-4-9-18(15)24-20(16)23/h2-5,7-10,13H,6,11-12,14H2,1H3. The minimum absolute atomic E-state index is 0.0306. The van der Waals surface area contributed by atoms with E-state index < -0.39 is 0 Å². The summed E-state index contributed by atoms with van der Waals surface area (Å²) in [7, 11) is 1.66. The number of halogens is 1. The largest absolute Gasteiger partial charge is 0.385 e. The van der Waals surface area contributed by atoms with Crippen LogP contribution in [0.5, 0.6) is 0 Å². The summed E-state index contributed by atoms with van der Waals surface area (Å²) < 4.78 is 6.88. The number of methoxy groups -OCH3 is 1. The van der Waals surface area contributed by atoms with Crippen LogP contribution in [0, 0.1) is 0 Å². The SMILES string of the molecule is COCCCn1c(SCc2cc3ccccc3nc2Cl)nc2ccccc2c1=O. The van der Waals surface area contributed by atoms with Crippen molar-refractivity contribution in [1.82, 2.24) is 14.5 Å². The Bertz CT molecular complexity index is 1230. The minimum Gasteiger partial charge on any atom is -0.385 e. The number of benzene rings is 2. The summed E-state index contributed by atoms with van der Waals surface area (Å²) in [5.41, 5.74) is 2.45. The van der Waals surface area contributed by atoms with Gasteiger partial charge in [-0.25, -0.2) is 9.97 Å². The fourth-order valence-corrected chi connectivity index (χ4v) is 4.49. The van der Waals surface area contributed by atoms with Gasteiger partial charge in [0.25, 0.3) is 5.56 Å². The van der Waals surface area contributed by atoms with Gasteiger partial charge >= 0.3 is 0 Å². The van der Waals surface area contributed by atoms with Crippen LogP contribution in [0.25, 0.3) is 21.8 Å². The molecule has 0 atom stereocenters. The molecule has 7 heteroatoms. The van der Waals surface area contributed by atoms with Crippen molar-refractivity contribution in [2.75, 3.05) is 13.7 Å². The number of ether oxygens (including phenoxy) is 1. The topological polar surface area (TPSA) is 57.0 Å². The lowest BCUT2D eigenvalue weighted by molar-refractivity contribution is 0.189. The molecule has 2 aromatic carbocycles. The maximum atomic E-state index is 13.0. The molecule has 0 amide bonds. The number of fused-ring (bicyclic) bond motifs is 2. The quantitative estimate of drug-likeness (QED) is 0.182. The van der Waals surface area contributed by atoms with Gasteiger partial charge in [-0.15, -0.1) is 0 Å². The highest BCUT2D eigenvalue weighted by atomic mass is 35.5. The third-order valence-corrected chi connectivity index (χ3v) is 6.02. The lowest BCUT2D eigenvalue weighted by Gasteiger charge is -2.13. The zero-order valence-corrected chi connectivity index (χ0v) is 17.5. The van der Waals surface area contributed by atoms with E-state index in [1.165, 1.54) is 11.8 Å². The van der Waals surface area contributed by atoms with E-state index in [4.69, 9.17) is 21.3 Å². The van der Waals surface area contributed by atoms with E-state index in [1.807, 2.05) is 54.6 Å². The van der Waals surface area contributed by atoms with E-state index in [0.717, 1.165) is 22.9 Å². The first kappa shape index (κ1) is 19.9. The Morgan fingerprint density at radius 2 is 1.83 bits per heavy atom. The van der Waals surface area contributed by atoms with E-state index in [9.17, 15) is 4.79 Å². The maximum Gasteiger partial charge on any atom is 0.262 e. The number of nitrogens with zero attached hydrogens (tertiary/aromatic N) is 3. The number of hydrogen-bond acceptors (Lipinski definition) is 5. The highest BCUT2D eigenvalue weighted by Gasteiger charge is 2.13. The van der Waals surface area contributed by atoms with Crippen LogP contribution >= 0.6 is 23.4 Å². The van der Waals surface area contributed by atoms with Crippen molar-refractivity contribution in [3.63, 3.8) is 0 Å². The Kier molecular flexibility index (Phi) is 6.13. The van der Waals surface area contributed by atoms with Crippen molar-refractivity contribution in [2.24, 2.45) is 0 Å². The second-order valence-electron chi connectivity index (χ2n) is 6.63. The lowest BCUT2D eigenvalue weighted by Crippen LogP contribution is -2.24. The third-order valence-electron chi connectivity index (χ3n) is 4.66. The summed E-state index contributed by atoms with van der Waals surface area (Å²) in [6, 6.07) is 17.4. The molecule has 0 unspecified atom stereocenters. The number of thioether (sulfide) groups is 1. The minimum atomic E-state index is -0.0306. The molecule has 0 saturated heterocycles. The fraction of sp³-hybridized carbons (Fsp3) is 0.227. The molecule has 0 bridgehead atoms. The molecule has 0 fully saturated rings. The normalized spacial score (nSPS) is 11.4. The third kappa shape index (κ3) is 4.29. The Labute approximate surface area is 177 Å². The first-order valence-electron chi connectivity index (χ1n) is 9.33. The molecule has 4 rings (SSSR count). The molecule has 2 heterocycles. The summed E-state index contributed by atoms with van der Waals surface area (Å²) in [5, 5.41) is 2.82. The van der Waals surface area contributed by atoms with Gasteiger partial charge in [-0.1, -0.05) is 53.7 Å². The van der Waals surface area contributed by atoms with Gasteiger partial charge in [-0.3, -0.25) is 9.36 Å². The molecule has 148 valence electrons. The Morgan fingerprint density at radius 3 is 2.66 bits per heavy atom. The van der Waals surface area contributed by atoms with Gasteiger partial charge in [-0.2, -0.15) is 0 Å². The van der Waals surface area contributed by atoms with Gasteiger partial charge in [-0.05, 0) is 30.7 Å². The van der Waals surface area contributed by atoms with E-state index in [1.54, 1.807) is 11.7 Å². The number of pyridine rings is 1. The van der Waals surface area contributed by atoms with Crippen LogP contribution < -0.4 is 5.56 Å². The Balaban J connectivity index is 1.68. The van der Waals surface area contributed by atoms with Crippen LogP contribution in [0.1, 0.15) is 12.0 Å². The summed E-state index contributed by atoms with van der Waals surface area (Å²) in [6.45, 7) is 1.14. The molecule has 0 spiro atoms. The van der Waals surface area contributed by atoms with Crippen LogP contribution in [-0.2, 0) is 17.0 Å². The lowest BCUT2D eigenvalue weighted by atomic mass is 10.2. The monoisotopic (exact) mass is 425 g/mol. The molecule has 0 aliphatic heterocycles. The van der Waals surface area contributed by atoms with Crippen LogP contribution in [0.3, 0.4) is 0 Å². The first-order chi connectivity index (χ1) is 14.2. The van der Waals surface area contributed by atoms with Crippen molar-refractivity contribution in [2.45, 2.75) is 23.9 Å². The highest BCUT2D eigenvalue weighted by molar-refractivity contribution is 7.98. The molecule has 0 aliphatic rings. The fourth-order valence-electron chi connectivity index (χ4n) is 3.20. The van der Waals surface area contributed by atoms with Gasteiger partial charge in [0.2, 0.25) is 0 Å². The molecule has 29 heavy (non-hydrogen) atoms. The van der Waals surface area contributed by atoms with Gasteiger partial charge in [0.1, 0.15) is 5.15 Å². The second kappa shape index (κ2) is 8.95. The second-order valence-corrected chi connectivity index (χ2v) is 7.93.